The molecule has 0 radical (unpaired) electrons. The number of nitrogens with zero attached hydrogens (tertiary/aromatic N) is 2. The Bertz CT molecular complexity index is 776. The lowest BCUT2D eigenvalue weighted by Crippen LogP contribution is -2.15. The lowest BCUT2D eigenvalue weighted by Gasteiger charge is -2.22. The Hall–Kier alpha value is -1.92. The number of aliphatic hydroxyl groups is 1. The first kappa shape index (κ1) is 11.0. The van der Waals surface area contributed by atoms with Gasteiger partial charge in [-0.2, -0.15) is 0 Å². The van der Waals surface area contributed by atoms with Crippen molar-refractivity contribution in [1.29, 1.82) is 0 Å². The predicted octanol–water partition coefficient (Wildman–Crippen LogP) is 4.01. The number of aliphatic hydroxyl groups excluding tert-OH is 1. The van der Waals surface area contributed by atoms with Gasteiger partial charge in [-0.15, -0.1) is 11.3 Å². The second-order valence-electron chi connectivity index (χ2n) is 4.12. The van der Waals surface area contributed by atoms with Crippen LogP contribution in [0.2, 0.25) is 0 Å². The fourth-order valence-corrected chi connectivity index (χ4v) is 3.85. The average molecular weight is 287 g/mol. The van der Waals surface area contributed by atoms with E-state index in [1.165, 1.54) is 23.3 Å². The molecule has 19 heavy (non-hydrogen) atoms. The minimum Gasteiger partial charge on any atom is -0.494 e. The Morgan fingerprint density at radius 2 is 2.16 bits per heavy atom. The molecule has 0 spiro atoms. The summed E-state index contributed by atoms with van der Waals surface area (Å²) in [5.41, 5.74) is 2.02. The van der Waals surface area contributed by atoms with Gasteiger partial charge in [0.1, 0.15) is 0 Å². The topological polar surface area (TPSA) is 52.1 Å². The highest BCUT2D eigenvalue weighted by Crippen LogP contribution is 2.43. The largest absolute Gasteiger partial charge is 0.494 e. The summed E-state index contributed by atoms with van der Waals surface area (Å²) in [7, 11) is 0. The molecule has 0 fully saturated rings. The molecule has 4 nitrogen and oxygen atoms in total. The van der Waals surface area contributed by atoms with Gasteiger partial charge in [-0.25, -0.2) is 9.29 Å². The van der Waals surface area contributed by atoms with Gasteiger partial charge in [0.05, 0.1) is 10.6 Å². The van der Waals surface area contributed by atoms with Crippen LogP contribution in [-0.4, -0.2) is 15.1 Å². The van der Waals surface area contributed by atoms with E-state index in [0.717, 1.165) is 26.6 Å². The van der Waals surface area contributed by atoms with E-state index in [9.17, 15) is 5.11 Å². The minimum atomic E-state index is 0.194. The van der Waals surface area contributed by atoms with Crippen molar-refractivity contribution in [1.82, 2.24) is 9.97 Å². The van der Waals surface area contributed by atoms with Crippen molar-refractivity contribution in [2.75, 3.05) is 4.31 Å². The molecule has 0 saturated carbocycles. The Balaban J connectivity index is 1.89. The van der Waals surface area contributed by atoms with Gasteiger partial charge in [-0.05, 0) is 6.07 Å². The minimum absolute atomic E-state index is 0.194. The van der Waals surface area contributed by atoms with E-state index in [0.29, 0.717) is 0 Å². The number of aromatic nitrogens is 2. The van der Waals surface area contributed by atoms with Crippen molar-refractivity contribution in [2.24, 2.45) is 0 Å². The molecule has 3 heterocycles. The number of benzene rings is 1. The van der Waals surface area contributed by atoms with Gasteiger partial charge >= 0.3 is 0 Å². The zero-order chi connectivity index (χ0) is 12.8. The number of anilines is 1. The number of aromatic amines is 1. The number of rotatable bonds is 1. The summed E-state index contributed by atoms with van der Waals surface area (Å²) in [5.74, 6) is 0.194. The molecule has 1 aliphatic heterocycles. The van der Waals surface area contributed by atoms with Gasteiger partial charge in [0.25, 0.3) is 0 Å². The smallest absolute Gasteiger partial charge is 0.206 e. The molecule has 0 amide bonds. The van der Waals surface area contributed by atoms with Crippen LogP contribution >= 0.6 is 23.3 Å². The van der Waals surface area contributed by atoms with Gasteiger partial charge in [0.15, 0.2) is 0 Å². The number of para-hydroxylation sites is 1. The number of hydrogen-bond acceptors (Lipinski definition) is 5. The van der Waals surface area contributed by atoms with Gasteiger partial charge in [-0.1, -0.05) is 18.2 Å². The van der Waals surface area contributed by atoms with E-state index in [4.69, 9.17) is 0 Å². The first-order valence-electron chi connectivity index (χ1n) is 5.72. The van der Waals surface area contributed by atoms with Crippen LogP contribution < -0.4 is 4.31 Å². The Kier molecular flexibility index (Phi) is 2.33. The number of nitrogens with one attached hydrogen (secondary N) is 1. The molecule has 0 atom stereocenters. The maximum Gasteiger partial charge on any atom is 0.206 e. The lowest BCUT2D eigenvalue weighted by molar-refractivity contribution is 0.413. The molecule has 4 rings (SSSR count). The number of thiazole rings is 1. The third kappa shape index (κ3) is 1.64. The van der Waals surface area contributed by atoms with Crippen LogP contribution in [0.1, 0.15) is 5.69 Å². The number of fused-ring (bicyclic) bond motifs is 3. The Morgan fingerprint density at radius 1 is 1.26 bits per heavy atom. The summed E-state index contributed by atoms with van der Waals surface area (Å²) in [6, 6.07) is 8.13. The molecular weight excluding hydrogens is 278 g/mol. The third-order valence-electron chi connectivity index (χ3n) is 2.94. The van der Waals surface area contributed by atoms with Crippen LogP contribution in [-0.2, 0) is 0 Å². The summed E-state index contributed by atoms with van der Waals surface area (Å²) in [4.78, 5) is 8.67. The van der Waals surface area contributed by atoms with E-state index in [2.05, 4.69) is 16.0 Å². The molecule has 0 saturated heterocycles. The van der Waals surface area contributed by atoms with Crippen molar-refractivity contribution in [2.45, 2.75) is 4.90 Å². The highest BCUT2D eigenvalue weighted by molar-refractivity contribution is 8.01. The van der Waals surface area contributed by atoms with Crippen molar-refractivity contribution in [3.8, 4) is 0 Å². The third-order valence-corrected chi connectivity index (χ3v) is 4.98. The van der Waals surface area contributed by atoms with E-state index in [1.807, 2.05) is 23.6 Å². The SMILES string of the molecule is OC1=Cc2[nH]c3ccccc3c2SN1c1nccs1. The maximum atomic E-state index is 10.1. The second-order valence-corrected chi connectivity index (χ2v) is 5.95. The quantitative estimate of drug-likeness (QED) is 0.664. The molecule has 0 bridgehead atoms. The standard InChI is InChI=1S/C13H9N3OS2/c17-11-7-10-12(8-3-1-2-4-9(8)15-10)19-16(11)13-14-5-6-18-13/h1-7,15,17H. The van der Waals surface area contributed by atoms with Crippen molar-refractivity contribution < 1.29 is 5.11 Å². The number of hydrogen-bond donors (Lipinski definition) is 2. The molecule has 0 unspecified atom stereocenters. The summed E-state index contributed by atoms with van der Waals surface area (Å²) in [6.45, 7) is 0. The highest BCUT2D eigenvalue weighted by atomic mass is 32.2. The van der Waals surface area contributed by atoms with Crippen molar-refractivity contribution in [3.05, 3.63) is 47.4 Å². The van der Waals surface area contributed by atoms with Crippen LogP contribution in [0.15, 0.2) is 46.6 Å². The maximum absolute atomic E-state index is 10.1. The predicted molar refractivity (Wildman–Crippen MR) is 79.4 cm³/mol. The summed E-state index contributed by atoms with van der Waals surface area (Å²) in [5, 5.41) is 14.0. The van der Waals surface area contributed by atoms with Crippen LogP contribution in [0, 0.1) is 0 Å². The fraction of sp³-hybridized carbons (Fsp3) is 0. The zero-order valence-electron chi connectivity index (χ0n) is 9.70. The Labute approximate surface area is 117 Å². The molecule has 1 aromatic carbocycles. The summed E-state index contributed by atoms with van der Waals surface area (Å²) in [6.07, 6.45) is 3.48. The van der Waals surface area contributed by atoms with Gasteiger partial charge in [0.2, 0.25) is 11.0 Å². The second kappa shape index (κ2) is 4.04. The molecule has 94 valence electrons. The molecule has 0 aliphatic carbocycles. The first-order valence-corrected chi connectivity index (χ1v) is 7.37. The monoisotopic (exact) mass is 287 g/mol. The molecule has 3 aromatic rings. The van der Waals surface area contributed by atoms with E-state index in [-0.39, 0.29) is 5.88 Å². The van der Waals surface area contributed by atoms with Crippen molar-refractivity contribution in [3.63, 3.8) is 0 Å². The normalized spacial score (nSPS) is 14.5. The fourth-order valence-electron chi connectivity index (χ4n) is 2.12. The van der Waals surface area contributed by atoms with Gasteiger partial charge in [-0.3, -0.25) is 0 Å². The van der Waals surface area contributed by atoms with Crippen LogP contribution in [0.5, 0.6) is 0 Å². The van der Waals surface area contributed by atoms with Crippen molar-refractivity contribution >= 4 is 45.4 Å². The molecular formula is C13H9N3OS2. The zero-order valence-corrected chi connectivity index (χ0v) is 11.3. The van der Waals surface area contributed by atoms with Crippen LogP contribution in [0.25, 0.3) is 17.0 Å². The summed E-state index contributed by atoms with van der Waals surface area (Å²) >= 11 is 2.99. The first-order chi connectivity index (χ1) is 9.33. The number of H-pyrrole nitrogens is 1. The molecule has 1 aliphatic rings. The van der Waals surface area contributed by atoms with E-state index < -0.39 is 0 Å². The van der Waals surface area contributed by atoms with Crippen LogP contribution in [0.4, 0.5) is 5.13 Å². The average Bonchev–Trinajstić information content (AvgIpc) is 3.04. The molecule has 6 heteroatoms. The Morgan fingerprint density at radius 3 is 3.00 bits per heavy atom. The van der Waals surface area contributed by atoms with E-state index >= 15 is 0 Å². The van der Waals surface area contributed by atoms with Gasteiger partial charge < -0.3 is 10.1 Å². The molecule has 2 N–H and O–H groups in total. The van der Waals surface area contributed by atoms with Gasteiger partial charge in [0, 0.05) is 40.5 Å². The van der Waals surface area contributed by atoms with E-state index in [1.54, 1.807) is 16.6 Å². The summed E-state index contributed by atoms with van der Waals surface area (Å²) < 4.78 is 1.74. The highest BCUT2D eigenvalue weighted by Gasteiger charge is 2.25. The van der Waals surface area contributed by atoms with Crippen LogP contribution in [0.3, 0.4) is 0 Å². The molecule has 2 aromatic heterocycles. The lowest BCUT2D eigenvalue weighted by atomic mass is 10.2.